The molecule has 0 bridgehead atoms. The number of aryl methyl sites for hydroxylation is 1. The van der Waals surface area contributed by atoms with E-state index in [1.54, 1.807) is 64.3 Å². The zero-order valence-electron chi connectivity index (χ0n) is 33.8. The third-order valence-electron chi connectivity index (χ3n) is 11.1. The molecule has 0 aliphatic carbocycles. The number of piperazine rings is 1. The summed E-state index contributed by atoms with van der Waals surface area (Å²) in [7, 11) is 0. The number of halogens is 3. The molecule has 0 spiro atoms. The molecule has 2 N–H and O–H groups in total. The summed E-state index contributed by atoms with van der Waals surface area (Å²) < 4.78 is 44.8. The Morgan fingerprint density at radius 1 is 0.952 bits per heavy atom. The number of nitrogens with one attached hydrogen (secondary N) is 2. The van der Waals surface area contributed by atoms with Crippen LogP contribution in [0.1, 0.15) is 84.7 Å². The normalized spacial score (nSPS) is 16.8. The van der Waals surface area contributed by atoms with Gasteiger partial charge in [0.05, 0.1) is 22.9 Å². The number of piperidine rings is 1. The Morgan fingerprint density at radius 2 is 1.76 bits per heavy atom. The molecule has 2 aromatic heterocycles. The average Bonchev–Trinajstić information content (AvgIpc) is 3.79. The van der Waals surface area contributed by atoms with Crippen LogP contribution in [0.2, 0.25) is 0 Å². The van der Waals surface area contributed by atoms with Crippen LogP contribution < -0.4 is 10.6 Å². The Kier molecular flexibility index (Phi) is 12.1. The van der Waals surface area contributed by atoms with Crippen LogP contribution >= 0.6 is 11.8 Å². The summed E-state index contributed by atoms with van der Waals surface area (Å²) in [5.74, 6) is 3.51. The molecule has 3 aliphatic rings. The zero-order chi connectivity index (χ0) is 44.4. The molecule has 8 rings (SSSR count). The van der Waals surface area contributed by atoms with Crippen LogP contribution in [0.5, 0.6) is 0 Å². The lowest BCUT2D eigenvalue weighted by molar-refractivity contribution is -0.139. The maximum atomic E-state index is 14.4. The van der Waals surface area contributed by atoms with Crippen LogP contribution in [0.3, 0.4) is 0 Å². The molecule has 14 nitrogen and oxygen atoms in total. The number of aromatic nitrogens is 3. The fraction of sp³-hybridized carbons (Fsp3) is 0.289. The van der Waals surface area contributed by atoms with Crippen molar-refractivity contribution in [1.82, 2.24) is 34.6 Å². The van der Waals surface area contributed by atoms with Gasteiger partial charge in [0.25, 0.3) is 17.7 Å². The summed E-state index contributed by atoms with van der Waals surface area (Å²) in [6.07, 6.45) is -0.743. The molecule has 2 saturated heterocycles. The highest BCUT2D eigenvalue weighted by Gasteiger charge is 2.45. The van der Waals surface area contributed by atoms with Crippen LogP contribution in [0, 0.1) is 18.8 Å². The number of rotatable bonds is 10. The molecular formula is C45H39F3N8O6S. The maximum Gasteiger partial charge on any atom is 0.416 e. The van der Waals surface area contributed by atoms with E-state index >= 15 is 0 Å². The number of carbonyl (C=O) groups is 6. The Morgan fingerprint density at radius 3 is 2.54 bits per heavy atom. The highest BCUT2D eigenvalue weighted by Crippen LogP contribution is 2.36. The van der Waals surface area contributed by atoms with E-state index in [-0.39, 0.29) is 59.7 Å². The molecule has 2 fully saturated rings. The predicted molar refractivity (Wildman–Crippen MR) is 224 cm³/mol. The number of alkyl halides is 3. The van der Waals surface area contributed by atoms with Crippen LogP contribution in [0.4, 0.5) is 18.9 Å². The minimum absolute atomic E-state index is 0.00663. The second-order valence-electron chi connectivity index (χ2n) is 15.3. The molecule has 6 amide bonds. The van der Waals surface area contributed by atoms with E-state index in [9.17, 15) is 41.9 Å². The Labute approximate surface area is 363 Å². The van der Waals surface area contributed by atoms with Gasteiger partial charge in [-0.1, -0.05) is 24.1 Å². The van der Waals surface area contributed by atoms with Crippen molar-refractivity contribution in [1.29, 1.82) is 0 Å². The number of thioether (sulfide) groups is 1. The van der Waals surface area contributed by atoms with Gasteiger partial charge in [-0.2, -0.15) is 18.3 Å². The third-order valence-corrected chi connectivity index (χ3v) is 12.3. The van der Waals surface area contributed by atoms with Crippen molar-refractivity contribution in [2.75, 3.05) is 37.2 Å². The predicted octanol–water partition coefficient (Wildman–Crippen LogP) is 5.33. The van der Waals surface area contributed by atoms with Crippen molar-refractivity contribution in [2.45, 2.75) is 56.3 Å². The molecule has 5 aromatic rings. The first kappa shape index (κ1) is 42.8. The van der Waals surface area contributed by atoms with E-state index < -0.39 is 47.3 Å². The van der Waals surface area contributed by atoms with Gasteiger partial charge in [0.2, 0.25) is 17.7 Å². The quantitative estimate of drug-likeness (QED) is 0.0812. The molecule has 63 heavy (non-hydrogen) atoms. The van der Waals surface area contributed by atoms with Crippen molar-refractivity contribution in [3.63, 3.8) is 0 Å². The van der Waals surface area contributed by atoms with Gasteiger partial charge in [-0.25, -0.2) is 9.50 Å². The number of carbonyl (C=O) groups excluding carboxylic acids is 6. The molecule has 1 unspecified atom stereocenters. The van der Waals surface area contributed by atoms with E-state index in [4.69, 9.17) is 0 Å². The van der Waals surface area contributed by atoms with E-state index in [1.807, 2.05) is 11.8 Å². The number of benzene rings is 3. The maximum absolute atomic E-state index is 14.4. The number of amides is 6. The molecule has 3 aliphatic heterocycles. The molecule has 18 heteroatoms. The number of imide groups is 2. The lowest BCUT2D eigenvalue weighted by Crippen LogP contribution is -2.54. The Balaban J connectivity index is 0.829. The lowest BCUT2D eigenvalue weighted by atomic mass is 10.0. The highest BCUT2D eigenvalue weighted by molar-refractivity contribution is 7.99. The van der Waals surface area contributed by atoms with Gasteiger partial charge in [-0.3, -0.25) is 43.9 Å². The van der Waals surface area contributed by atoms with Gasteiger partial charge >= 0.3 is 6.18 Å². The summed E-state index contributed by atoms with van der Waals surface area (Å²) in [5.41, 5.74) is 2.31. The summed E-state index contributed by atoms with van der Waals surface area (Å²) in [4.78, 5) is 86.3. The van der Waals surface area contributed by atoms with Gasteiger partial charge in [0.15, 0.2) is 5.65 Å². The van der Waals surface area contributed by atoms with E-state index in [1.165, 1.54) is 30.0 Å². The number of nitrogens with zero attached hydrogens (tertiary/aromatic N) is 6. The largest absolute Gasteiger partial charge is 0.416 e. The molecule has 322 valence electrons. The third kappa shape index (κ3) is 9.20. The Bertz CT molecular complexity index is 2750. The van der Waals surface area contributed by atoms with E-state index in [2.05, 4.69) is 32.6 Å². The van der Waals surface area contributed by atoms with Crippen molar-refractivity contribution in [3.8, 4) is 11.8 Å². The SMILES string of the molecule is Cc1ccc(C(=O)Nc2ccc(CN3CCN(C(=O)CCCSc4cccc5c4C(=O)N(C4CCC(=O)NC4=O)C5=O)CC3)c(C(F)(F)F)c2)cc1C#Cc1cnc2cccnn12. The fourth-order valence-electron chi connectivity index (χ4n) is 7.77. The van der Waals surface area contributed by atoms with Crippen molar-refractivity contribution < 1.29 is 41.9 Å². The zero-order valence-corrected chi connectivity index (χ0v) is 34.6. The first-order chi connectivity index (χ1) is 30.2. The van der Waals surface area contributed by atoms with Gasteiger partial charge in [-0.15, -0.1) is 11.8 Å². The van der Waals surface area contributed by atoms with E-state index in [0.29, 0.717) is 60.2 Å². The second kappa shape index (κ2) is 17.9. The number of hydrogen-bond acceptors (Lipinski definition) is 10. The van der Waals surface area contributed by atoms with Crippen LogP contribution in [0.15, 0.2) is 84.0 Å². The molecule has 3 aromatic carbocycles. The van der Waals surface area contributed by atoms with Crippen LogP contribution in [-0.2, 0) is 27.1 Å². The minimum Gasteiger partial charge on any atom is -0.340 e. The molecule has 0 radical (unpaired) electrons. The summed E-state index contributed by atoms with van der Waals surface area (Å²) in [5, 5.41) is 9.03. The Hall–Kier alpha value is -6.84. The van der Waals surface area contributed by atoms with Crippen molar-refractivity contribution in [2.24, 2.45) is 0 Å². The van der Waals surface area contributed by atoms with Gasteiger partial charge < -0.3 is 10.2 Å². The highest BCUT2D eigenvalue weighted by atomic mass is 32.2. The average molecular weight is 877 g/mol. The number of fused-ring (bicyclic) bond motifs is 2. The van der Waals surface area contributed by atoms with Gasteiger partial charge in [-0.05, 0) is 91.1 Å². The monoisotopic (exact) mass is 876 g/mol. The molecular weight excluding hydrogens is 838 g/mol. The lowest BCUT2D eigenvalue weighted by Gasteiger charge is -2.35. The van der Waals surface area contributed by atoms with Gasteiger partial charge in [0, 0.05) is 73.5 Å². The summed E-state index contributed by atoms with van der Waals surface area (Å²) in [6.45, 7) is 3.21. The number of imidazole rings is 1. The summed E-state index contributed by atoms with van der Waals surface area (Å²) in [6, 6.07) is 16.0. The van der Waals surface area contributed by atoms with Gasteiger partial charge in [0.1, 0.15) is 11.7 Å². The summed E-state index contributed by atoms with van der Waals surface area (Å²) >= 11 is 1.32. The van der Waals surface area contributed by atoms with Crippen LogP contribution in [0.25, 0.3) is 5.65 Å². The van der Waals surface area contributed by atoms with E-state index in [0.717, 1.165) is 16.5 Å². The van der Waals surface area contributed by atoms with Crippen LogP contribution in [-0.4, -0.2) is 103 Å². The molecule has 0 saturated carbocycles. The minimum atomic E-state index is -4.69. The topological polar surface area (TPSA) is 166 Å². The standard InChI is InChI=1S/C45H39F3N8O6S/c1-27-9-10-29(23-28(27)12-14-32-25-49-37-7-3-17-50-56(32)37)41(59)51-31-13-11-30(34(24-31)45(46,47)48)26-53-18-20-54(21-19-53)39(58)8-4-22-63-36-6-2-5-33-40(36)44(62)55(43(33)61)35-15-16-38(57)52-42(35)60/h2-3,5-7,9-11,13,17,23-25,35H,4,8,15-16,18-22,26H2,1H3,(H,51,59)(H,52,57,60). The van der Waals surface area contributed by atoms with Crippen molar-refractivity contribution >= 4 is 58.5 Å². The molecule has 1 atom stereocenters. The van der Waals surface area contributed by atoms with Crippen molar-refractivity contribution in [3.05, 3.63) is 124 Å². The smallest absolute Gasteiger partial charge is 0.340 e. The second-order valence-corrected chi connectivity index (χ2v) is 16.4. The number of anilines is 1. The number of hydrogen-bond donors (Lipinski definition) is 2. The first-order valence-corrected chi connectivity index (χ1v) is 21.1. The fourth-order valence-corrected chi connectivity index (χ4v) is 8.79. The first-order valence-electron chi connectivity index (χ1n) is 20.2. The molecule has 5 heterocycles.